The van der Waals surface area contributed by atoms with Crippen molar-refractivity contribution in [3.05, 3.63) is 28.2 Å². The van der Waals surface area contributed by atoms with Gasteiger partial charge in [0, 0.05) is 6.20 Å². The standard InChI is InChI=1S/C7H7BrClN5.C4H8.2C2H6/c8-7-10-3-4(9)6(13-7)12-5-1-2-11-14-5;1-4-2-3-4;2*1-2/h1-3,5,11,14H,(H,10,12,13);4H,2-3H2,1H3;2*1-2H3. The molecule has 1 unspecified atom stereocenters. The largest absolute Gasteiger partial charge is 0.349 e. The zero-order chi connectivity index (χ0) is 17.0. The molecule has 1 aromatic heterocycles. The number of anilines is 1. The number of nitrogens with one attached hydrogen (secondary N) is 3. The molecule has 1 atom stereocenters. The molecule has 1 aliphatic heterocycles. The lowest BCUT2D eigenvalue weighted by Crippen LogP contribution is -2.36. The highest BCUT2D eigenvalue weighted by atomic mass is 79.9. The molecule has 1 fully saturated rings. The molecule has 0 radical (unpaired) electrons. The first kappa shape index (κ1) is 21.1. The Bertz CT molecular complexity index is 438. The van der Waals surface area contributed by atoms with Gasteiger partial charge in [-0.05, 0) is 27.9 Å². The monoisotopic (exact) mass is 391 g/mol. The lowest BCUT2D eigenvalue weighted by atomic mass is 10.4. The summed E-state index contributed by atoms with van der Waals surface area (Å²) < 4.78 is 0.499. The summed E-state index contributed by atoms with van der Waals surface area (Å²) >= 11 is 9.06. The molecular weight excluding hydrogens is 366 g/mol. The Morgan fingerprint density at radius 3 is 2.32 bits per heavy atom. The molecule has 1 aliphatic carbocycles. The van der Waals surface area contributed by atoms with Crippen molar-refractivity contribution in [3.63, 3.8) is 0 Å². The van der Waals surface area contributed by atoms with Crippen LogP contribution in [-0.2, 0) is 0 Å². The minimum absolute atomic E-state index is 0.0192. The average molecular weight is 393 g/mol. The first-order valence-corrected chi connectivity index (χ1v) is 8.94. The number of hydrazine groups is 1. The van der Waals surface area contributed by atoms with Gasteiger partial charge in [0.1, 0.15) is 11.2 Å². The van der Waals surface area contributed by atoms with E-state index < -0.39 is 0 Å². The fourth-order valence-corrected chi connectivity index (χ4v) is 1.60. The van der Waals surface area contributed by atoms with Gasteiger partial charge in [-0.1, -0.05) is 59.1 Å². The van der Waals surface area contributed by atoms with Crippen LogP contribution in [0.25, 0.3) is 0 Å². The molecule has 126 valence electrons. The lowest BCUT2D eigenvalue weighted by molar-refractivity contribution is 0.628. The summed E-state index contributed by atoms with van der Waals surface area (Å²) in [5.74, 6) is 1.67. The van der Waals surface area contributed by atoms with Crippen LogP contribution in [0.3, 0.4) is 0 Å². The van der Waals surface area contributed by atoms with Crippen molar-refractivity contribution in [2.24, 2.45) is 5.92 Å². The van der Waals surface area contributed by atoms with Gasteiger partial charge in [-0.15, -0.1) is 0 Å². The smallest absolute Gasteiger partial charge is 0.198 e. The first-order chi connectivity index (χ1) is 10.6. The summed E-state index contributed by atoms with van der Waals surface area (Å²) in [6, 6.07) is 0. The van der Waals surface area contributed by atoms with E-state index in [1.54, 1.807) is 6.20 Å². The van der Waals surface area contributed by atoms with E-state index in [9.17, 15) is 0 Å². The summed E-state index contributed by atoms with van der Waals surface area (Å²) in [6.45, 7) is 10.3. The zero-order valence-electron chi connectivity index (χ0n) is 14.0. The molecule has 0 amide bonds. The van der Waals surface area contributed by atoms with Gasteiger partial charge in [0.25, 0.3) is 0 Å². The van der Waals surface area contributed by atoms with Crippen molar-refractivity contribution < 1.29 is 0 Å². The third-order valence-electron chi connectivity index (χ3n) is 2.48. The van der Waals surface area contributed by atoms with Crippen LogP contribution in [-0.4, -0.2) is 16.1 Å². The van der Waals surface area contributed by atoms with E-state index >= 15 is 0 Å². The Labute approximate surface area is 147 Å². The summed E-state index contributed by atoms with van der Waals surface area (Å²) in [5.41, 5.74) is 5.78. The van der Waals surface area contributed by atoms with Crippen molar-refractivity contribution in [1.82, 2.24) is 20.8 Å². The maximum Gasteiger partial charge on any atom is 0.198 e. The van der Waals surface area contributed by atoms with E-state index in [-0.39, 0.29) is 6.17 Å². The van der Waals surface area contributed by atoms with Gasteiger partial charge in [0.2, 0.25) is 0 Å². The van der Waals surface area contributed by atoms with E-state index in [1.165, 1.54) is 19.0 Å². The lowest BCUT2D eigenvalue weighted by Gasteiger charge is -2.12. The molecule has 2 heterocycles. The summed E-state index contributed by atoms with van der Waals surface area (Å²) in [4.78, 5) is 7.99. The third-order valence-corrected chi connectivity index (χ3v) is 3.14. The summed E-state index contributed by atoms with van der Waals surface area (Å²) in [5, 5.41) is 3.56. The van der Waals surface area contributed by atoms with Crippen LogP contribution in [0.2, 0.25) is 5.02 Å². The number of aromatic nitrogens is 2. The highest BCUT2D eigenvalue weighted by Crippen LogP contribution is 2.26. The summed E-state index contributed by atoms with van der Waals surface area (Å²) in [6.07, 6.45) is 8.19. The molecule has 3 rings (SSSR count). The van der Waals surface area contributed by atoms with Crippen LogP contribution >= 0.6 is 27.5 Å². The van der Waals surface area contributed by atoms with Crippen LogP contribution in [0.4, 0.5) is 5.82 Å². The Kier molecular flexibility index (Phi) is 12.2. The number of nitrogens with zero attached hydrogens (tertiary/aromatic N) is 2. The SMILES string of the molecule is CC.CC.CC1CC1.Clc1cnc(Br)nc1NC1C=CNN1. The maximum absolute atomic E-state index is 5.89. The fourth-order valence-electron chi connectivity index (χ4n) is 1.18. The Balaban J connectivity index is 0.000000461. The average Bonchev–Trinajstić information content (AvgIpc) is 3.16. The maximum atomic E-state index is 5.89. The molecule has 0 aromatic carbocycles. The van der Waals surface area contributed by atoms with Crippen LogP contribution in [0, 0.1) is 5.92 Å². The van der Waals surface area contributed by atoms with Gasteiger partial charge >= 0.3 is 0 Å². The van der Waals surface area contributed by atoms with Crippen molar-refractivity contribution in [1.29, 1.82) is 0 Å². The Morgan fingerprint density at radius 1 is 1.27 bits per heavy atom. The van der Waals surface area contributed by atoms with E-state index in [4.69, 9.17) is 11.6 Å². The Morgan fingerprint density at radius 2 is 1.86 bits per heavy atom. The van der Waals surface area contributed by atoms with Crippen molar-refractivity contribution in [2.45, 2.75) is 53.6 Å². The van der Waals surface area contributed by atoms with Crippen molar-refractivity contribution in [2.75, 3.05) is 5.32 Å². The van der Waals surface area contributed by atoms with Gasteiger partial charge in [-0.25, -0.2) is 15.4 Å². The van der Waals surface area contributed by atoms with Gasteiger partial charge < -0.3 is 10.7 Å². The molecule has 0 saturated heterocycles. The predicted molar refractivity (Wildman–Crippen MR) is 98.7 cm³/mol. The highest BCUT2D eigenvalue weighted by molar-refractivity contribution is 9.10. The van der Waals surface area contributed by atoms with E-state index in [2.05, 4.69) is 49.0 Å². The zero-order valence-corrected chi connectivity index (χ0v) is 16.3. The molecular formula is C15H27BrClN5. The second kappa shape index (κ2) is 12.7. The van der Waals surface area contributed by atoms with E-state index in [1.807, 2.05) is 33.8 Å². The summed E-state index contributed by atoms with van der Waals surface area (Å²) in [7, 11) is 0. The highest BCUT2D eigenvalue weighted by Gasteiger charge is 2.12. The van der Waals surface area contributed by atoms with E-state index in [0.29, 0.717) is 15.6 Å². The van der Waals surface area contributed by atoms with Crippen molar-refractivity contribution in [3.8, 4) is 0 Å². The van der Waals surface area contributed by atoms with Crippen molar-refractivity contribution >= 4 is 33.3 Å². The predicted octanol–water partition coefficient (Wildman–Crippen LogP) is 4.72. The number of halogens is 2. The van der Waals surface area contributed by atoms with Crippen LogP contribution in [0.5, 0.6) is 0 Å². The second-order valence-corrected chi connectivity index (χ2v) is 5.40. The number of rotatable bonds is 2. The normalized spacial score (nSPS) is 17.7. The molecule has 5 nitrogen and oxygen atoms in total. The fraction of sp³-hybridized carbons (Fsp3) is 0.600. The number of hydrogen-bond acceptors (Lipinski definition) is 5. The molecule has 22 heavy (non-hydrogen) atoms. The van der Waals surface area contributed by atoms with Gasteiger partial charge in [-0.2, -0.15) is 0 Å². The second-order valence-electron chi connectivity index (χ2n) is 4.29. The molecule has 3 N–H and O–H groups in total. The Hall–Kier alpha value is -0.850. The molecule has 0 bridgehead atoms. The van der Waals surface area contributed by atoms with E-state index in [0.717, 1.165) is 5.92 Å². The topological polar surface area (TPSA) is 61.9 Å². The molecule has 2 aliphatic rings. The van der Waals surface area contributed by atoms with Gasteiger partial charge in [0.05, 0.1) is 6.20 Å². The van der Waals surface area contributed by atoms with Crippen LogP contribution in [0.1, 0.15) is 47.5 Å². The van der Waals surface area contributed by atoms with Crippen LogP contribution in [0.15, 0.2) is 23.2 Å². The number of hydrogen-bond donors (Lipinski definition) is 3. The quantitative estimate of drug-likeness (QED) is 0.636. The molecule has 0 spiro atoms. The third kappa shape index (κ3) is 9.23. The molecule has 1 aromatic rings. The minimum atomic E-state index is -0.0192. The minimum Gasteiger partial charge on any atom is -0.349 e. The molecule has 1 saturated carbocycles. The first-order valence-electron chi connectivity index (χ1n) is 7.77. The molecule has 7 heteroatoms. The van der Waals surface area contributed by atoms with Gasteiger partial charge in [-0.3, -0.25) is 0 Å². The van der Waals surface area contributed by atoms with Gasteiger partial charge in [0.15, 0.2) is 10.6 Å². The van der Waals surface area contributed by atoms with Crippen LogP contribution < -0.4 is 16.2 Å².